The molecular formula is C15H16ClN3O2. The van der Waals surface area contributed by atoms with Gasteiger partial charge >= 0.3 is 0 Å². The van der Waals surface area contributed by atoms with Crippen LogP contribution in [0.3, 0.4) is 0 Å². The lowest BCUT2D eigenvalue weighted by Crippen LogP contribution is -2.30. The molecule has 1 aromatic heterocycles. The van der Waals surface area contributed by atoms with Crippen molar-refractivity contribution >= 4 is 17.5 Å². The molecule has 0 unspecified atom stereocenters. The van der Waals surface area contributed by atoms with Gasteiger partial charge in [0.25, 0.3) is 5.91 Å². The number of likely N-dealkylation sites (tertiary alicyclic amines) is 1. The summed E-state index contributed by atoms with van der Waals surface area (Å²) in [6, 6.07) is 7.32. The minimum atomic E-state index is -0.430. The molecule has 0 saturated carbocycles. The summed E-state index contributed by atoms with van der Waals surface area (Å²) >= 11 is 5.98. The molecule has 21 heavy (non-hydrogen) atoms. The zero-order valence-corrected chi connectivity index (χ0v) is 12.4. The Bertz CT molecular complexity index is 683. The first-order valence-electron chi connectivity index (χ1n) is 6.84. The minimum Gasteiger partial charge on any atom is -0.391 e. The van der Waals surface area contributed by atoms with E-state index in [0.29, 0.717) is 36.1 Å². The normalized spacial score (nSPS) is 18.2. The number of halogens is 1. The van der Waals surface area contributed by atoms with Crippen LogP contribution < -0.4 is 0 Å². The van der Waals surface area contributed by atoms with E-state index in [2.05, 4.69) is 9.97 Å². The van der Waals surface area contributed by atoms with Crippen molar-refractivity contribution in [3.63, 3.8) is 0 Å². The summed E-state index contributed by atoms with van der Waals surface area (Å²) in [6.45, 7) is 2.76. The maximum atomic E-state index is 12.4. The van der Waals surface area contributed by atoms with Crippen molar-refractivity contribution in [1.29, 1.82) is 0 Å². The number of rotatable bonds is 2. The van der Waals surface area contributed by atoms with Crippen LogP contribution in [0.5, 0.6) is 0 Å². The fourth-order valence-electron chi connectivity index (χ4n) is 2.52. The van der Waals surface area contributed by atoms with Crippen LogP contribution >= 0.6 is 11.6 Å². The van der Waals surface area contributed by atoms with Crippen LogP contribution in [-0.2, 0) is 0 Å². The third-order valence-corrected chi connectivity index (χ3v) is 3.87. The van der Waals surface area contributed by atoms with Crippen molar-refractivity contribution in [2.75, 3.05) is 13.1 Å². The van der Waals surface area contributed by atoms with Crippen LogP contribution in [0.25, 0.3) is 11.4 Å². The van der Waals surface area contributed by atoms with Crippen molar-refractivity contribution in [3.8, 4) is 11.4 Å². The summed E-state index contributed by atoms with van der Waals surface area (Å²) in [4.78, 5) is 21.6. The zero-order valence-electron chi connectivity index (χ0n) is 11.6. The molecule has 1 aromatic carbocycles. The van der Waals surface area contributed by atoms with Gasteiger partial charge in [0.05, 0.1) is 6.10 Å². The number of imidazole rings is 1. The molecule has 0 radical (unpaired) electrons. The summed E-state index contributed by atoms with van der Waals surface area (Å²) in [5.41, 5.74) is 1.96. The molecule has 1 amide bonds. The van der Waals surface area contributed by atoms with Gasteiger partial charge in [-0.15, -0.1) is 0 Å². The average molecular weight is 306 g/mol. The summed E-state index contributed by atoms with van der Waals surface area (Å²) < 4.78 is 0. The van der Waals surface area contributed by atoms with Gasteiger partial charge in [-0.3, -0.25) is 4.79 Å². The Morgan fingerprint density at radius 1 is 1.52 bits per heavy atom. The Morgan fingerprint density at radius 2 is 2.33 bits per heavy atom. The predicted molar refractivity (Wildman–Crippen MR) is 80.3 cm³/mol. The van der Waals surface area contributed by atoms with Crippen molar-refractivity contribution < 1.29 is 9.90 Å². The van der Waals surface area contributed by atoms with Crippen LogP contribution in [0.2, 0.25) is 5.02 Å². The highest BCUT2D eigenvalue weighted by Gasteiger charge is 2.28. The number of β-amino-alcohol motifs (C(OH)–C–C–N with tert-alkyl or cyclic N) is 1. The highest BCUT2D eigenvalue weighted by molar-refractivity contribution is 6.30. The SMILES string of the molecule is Cc1[nH]c(-c2cccc(Cl)c2)nc1C(=O)N1CC[C@@H](O)C1. The summed E-state index contributed by atoms with van der Waals surface area (Å²) in [5.74, 6) is 0.478. The molecule has 0 bridgehead atoms. The van der Waals surface area contributed by atoms with Gasteiger partial charge in [-0.25, -0.2) is 4.98 Å². The van der Waals surface area contributed by atoms with Crippen LogP contribution in [0.4, 0.5) is 0 Å². The minimum absolute atomic E-state index is 0.145. The largest absolute Gasteiger partial charge is 0.391 e. The summed E-state index contributed by atoms with van der Waals surface area (Å²) in [7, 11) is 0. The van der Waals surface area contributed by atoms with E-state index < -0.39 is 6.10 Å². The summed E-state index contributed by atoms with van der Waals surface area (Å²) in [5, 5.41) is 10.2. The number of benzene rings is 1. The molecule has 2 N–H and O–H groups in total. The highest BCUT2D eigenvalue weighted by atomic mass is 35.5. The Morgan fingerprint density at radius 3 is 3.00 bits per heavy atom. The van der Waals surface area contributed by atoms with Crippen molar-refractivity contribution in [1.82, 2.24) is 14.9 Å². The van der Waals surface area contributed by atoms with Gasteiger partial charge in [0.15, 0.2) is 0 Å². The number of nitrogens with zero attached hydrogens (tertiary/aromatic N) is 2. The van der Waals surface area contributed by atoms with Gasteiger partial charge in [-0.1, -0.05) is 23.7 Å². The maximum absolute atomic E-state index is 12.4. The zero-order chi connectivity index (χ0) is 15.0. The van der Waals surface area contributed by atoms with Crippen molar-refractivity contribution in [3.05, 3.63) is 40.7 Å². The Hall–Kier alpha value is -1.85. The number of nitrogens with one attached hydrogen (secondary N) is 1. The van der Waals surface area contributed by atoms with Crippen LogP contribution in [0.1, 0.15) is 22.6 Å². The van der Waals surface area contributed by atoms with Crippen molar-refractivity contribution in [2.24, 2.45) is 0 Å². The number of hydrogen-bond acceptors (Lipinski definition) is 3. The van der Waals surface area contributed by atoms with Crippen LogP contribution in [0.15, 0.2) is 24.3 Å². The highest BCUT2D eigenvalue weighted by Crippen LogP contribution is 2.23. The number of amides is 1. The molecule has 3 rings (SSSR count). The second kappa shape index (κ2) is 5.50. The maximum Gasteiger partial charge on any atom is 0.274 e. The quantitative estimate of drug-likeness (QED) is 0.894. The Balaban J connectivity index is 1.89. The lowest BCUT2D eigenvalue weighted by atomic mass is 10.2. The molecule has 1 fully saturated rings. The summed E-state index contributed by atoms with van der Waals surface area (Å²) in [6.07, 6.45) is 0.191. The van der Waals surface area contributed by atoms with E-state index in [9.17, 15) is 9.90 Å². The number of aliphatic hydroxyl groups is 1. The van der Waals surface area contributed by atoms with Gasteiger partial charge in [0.2, 0.25) is 0 Å². The smallest absolute Gasteiger partial charge is 0.274 e. The van der Waals surface area contributed by atoms with E-state index >= 15 is 0 Å². The van der Waals surface area contributed by atoms with Crippen LogP contribution in [0, 0.1) is 6.92 Å². The molecule has 0 aliphatic carbocycles. The number of aromatic amines is 1. The van der Waals surface area contributed by atoms with Crippen molar-refractivity contribution in [2.45, 2.75) is 19.4 Å². The number of carbonyl (C=O) groups is 1. The molecule has 1 atom stereocenters. The molecule has 1 aliphatic rings. The molecule has 2 heterocycles. The fourth-order valence-corrected chi connectivity index (χ4v) is 2.71. The van der Waals surface area contributed by atoms with E-state index in [1.54, 1.807) is 17.0 Å². The van der Waals surface area contributed by atoms with Gasteiger partial charge in [-0.05, 0) is 25.5 Å². The van der Waals surface area contributed by atoms with E-state index in [1.807, 2.05) is 19.1 Å². The molecule has 5 nitrogen and oxygen atoms in total. The number of aryl methyl sites for hydroxylation is 1. The van der Waals surface area contributed by atoms with E-state index in [-0.39, 0.29) is 5.91 Å². The van der Waals surface area contributed by atoms with Gasteiger partial charge in [0.1, 0.15) is 11.5 Å². The molecule has 6 heteroatoms. The number of aromatic nitrogens is 2. The first-order chi connectivity index (χ1) is 10.0. The third kappa shape index (κ3) is 2.80. The standard InChI is InChI=1S/C15H16ClN3O2/c1-9-13(15(21)19-6-5-12(20)8-19)18-14(17-9)10-3-2-4-11(16)7-10/h2-4,7,12,20H,5-6,8H2,1H3,(H,17,18)/t12-/m1/s1. The Kier molecular flexibility index (Phi) is 3.69. The Labute approximate surface area is 127 Å². The van der Waals surface area contributed by atoms with E-state index in [4.69, 9.17) is 11.6 Å². The molecule has 110 valence electrons. The average Bonchev–Trinajstić information content (AvgIpc) is 3.04. The first kappa shape index (κ1) is 14.1. The lowest BCUT2D eigenvalue weighted by molar-refractivity contribution is 0.0759. The predicted octanol–water partition coefficient (Wildman–Crippen LogP) is 2.25. The second-order valence-electron chi connectivity index (χ2n) is 5.26. The molecular weight excluding hydrogens is 290 g/mol. The van der Waals surface area contributed by atoms with Gasteiger partial charge in [0, 0.05) is 29.4 Å². The number of H-pyrrole nitrogens is 1. The molecule has 1 aliphatic heterocycles. The topological polar surface area (TPSA) is 69.2 Å². The number of hydrogen-bond donors (Lipinski definition) is 2. The van der Waals surface area contributed by atoms with Gasteiger partial charge in [-0.2, -0.15) is 0 Å². The second-order valence-corrected chi connectivity index (χ2v) is 5.70. The van der Waals surface area contributed by atoms with E-state index in [1.165, 1.54) is 0 Å². The fraction of sp³-hybridized carbons (Fsp3) is 0.333. The van der Waals surface area contributed by atoms with E-state index in [0.717, 1.165) is 11.3 Å². The molecule has 2 aromatic rings. The van der Waals surface area contributed by atoms with Crippen LogP contribution in [-0.4, -0.2) is 45.1 Å². The lowest BCUT2D eigenvalue weighted by Gasteiger charge is -2.14. The third-order valence-electron chi connectivity index (χ3n) is 3.64. The first-order valence-corrected chi connectivity index (χ1v) is 7.22. The molecule has 0 spiro atoms. The monoisotopic (exact) mass is 305 g/mol. The number of aliphatic hydroxyl groups excluding tert-OH is 1. The number of carbonyl (C=O) groups excluding carboxylic acids is 1. The van der Waals surface area contributed by atoms with Gasteiger partial charge < -0.3 is 15.0 Å². The molecule has 1 saturated heterocycles.